The van der Waals surface area contributed by atoms with Crippen molar-refractivity contribution in [1.29, 1.82) is 0 Å². The van der Waals surface area contributed by atoms with Crippen LogP contribution < -0.4 is 10.0 Å². The molecule has 152 valence electrons. The highest BCUT2D eigenvalue weighted by Gasteiger charge is 2.58. The highest BCUT2D eigenvalue weighted by molar-refractivity contribution is 7.88. The zero-order valence-electron chi connectivity index (χ0n) is 16.9. The van der Waals surface area contributed by atoms with E-state index in [-0.39, 0.29) is 24.2 Å². The molecule has 9 heteroatoms. The van der Waals surface area contributed by atoms with Gasteiger partial charge < -0.3 is 19.5 Å². The monoisotopic (exact) mass is 392 g/mol. The second kappa shape index (κ2) is 6.61. The Labute approximate surface area is 156 Å². The maximum atomic E-state index is 12.2. The third-order valence-corrected chi connectivity index (χ3v) is 5.44. The maximum absolute atomic E-state index is 12.2. The summed E-state index contributed by atoms with van der Waals surface area (Å²) >= 11 is 0. The number of hydrogen-bond acceptors (Lipinski definition) is 6. The van der Waals surface area contributed by atoms with E-state index in [0.717, 1.165) is 6.26 Å². The van der Waals surface area contributed by atoms with Gasteiger partial charge in [-0.15, -0.1) is 0 Å². The van der Waals surface area contributed by atoms with Crippen LogP contribution in [0.4, 0.5) is 4.79 Å². The van der Waals surface area contributed by atoms with Gasteiger partial charge in [0.05, 0.1) is 18.4 Å². The van der Waals surface area contributed by atoms with Crippen molar-refractivity contribution in [2.45, 2.75) is 90.1 Å². The lowest BCUT2D eigenvalue weighted by Crippen LogP contribution is -2.52. The van der Waals surface area contributed by atoms with Crippen molar-refractivity contribution >= 4 is 16.1 Å². The molecule has 0 aromatic carbocycles. The van der Waals surface area contributed by atoms with Crippen LogP contribution in [0.15, 0.2) is 0 Å². The van der Waals surface area contributed by atoms with Gasteiger partial charge in [0.2, 0.25) is 10.0 Å². The van der Waals surface area contributed by atoms with Crippen LogP contribution in [0.1, 0.15) is 54.9 Å². The van der Waals surface area contributed by atoms with Crippen LogP contribution in [0.25, 0.3) is 0 Å². The van der Waals surface area contributed by atoms with Crippen molar-refractivity contribution in [2.75, 3.05) is 6.26 Å². The van der Waals surface area contributed by atoms with E-state index in [9.17, 15) is 13.2 Å². The zero-order valence-corrected chi connectivity index (χ0v) is 17.7. The Hall–Kier alpha value is -0.900. The van der Waals surface area contributed by atoms with E-state index >= 15 is 0 Å². The number of carbonyl (C=O) groups is 1. The molecule has 4 atom stereocenters. The molecule has 0 radical (unpaired) electrons. The van der Waals surface area contributed by atoms with Gasteiger partial charge in [-0.05, 0) is 54.9 Å². The van der Waals surface area contributed by atoms with E-state index in [2.05, 4.69) is 10.0 Å². The van der Waals surface area contributed by atoms with Gasteiger partial charge >= 0.3 is 6.09 Å². The lowest BCUT2D eigenvalue weighted by molar-refractivity contribution is -0.161. The third-order valence-electron chi connectivity index (χ3n) is 4.54. The first-order valence-electron chi connectivity index (χ1n) is 8.83. The Balaban J connectivity index is 2.21. The standard InChI is InChI=1S/C17H32N2O6S/c1-15(2,3)25-14(20)18-11-9-10(16(4,5)19-26(8,21)22)12-13(11)24-17(6,7)23-12/h10-13,19H,9H2,1-8H3,(H,18,20)/t10-,11+,12+,13-/m0/s1. The number of amides is 1. The molecular weight excluding hydrogens is 360 g/mol. The number of rotatable bonds is 4. The van der Waals surface area contributed by atoms with Crippen molar-refractivity contribution in [3.05, 3.63) is 0 Å². The van der Waals surface area contributed by atoms with Gasteiger partial charge in [-0.3, -0.25) is 0 Å². The first-order valence-corrected chi connectivity index (χ1v) is 10.7. The van der Waals surface area contributed by atoms with Crippen LogP contribution in [0.2, 0.25) is 0 Å². The highest BCUT2D eigenvalue weighted by atomic mass is 32.2. The highest BCUT2D eigenvalue weighted by Crippen LogP contribution is 2.45. The van der Waals surface area contributed by atoms with Crippen LogP contribution in [-0.2, 0) is 24.2 Å². The van der Waals surface area contributed by atoms with Crippen molar-refractivity contribution < 1.29 is 27.4 Å². The van der Waals surface area contributed by atoms with Gasteiger partial charge in [0.25, 0.3) is 0 Å². The van der Waals surface area contributed by atoms with Crippen molar-refractivity contribution in [1.82, 2.24) is 10.0 Å². The molecule has 0 aromatic rings. The normalized spacial score (nSPS) is 31.5. The summed E-state index contributed by atoms with van der Waals surface area (Å²) in [5.74, 6) is -0.979. The van der Waals surface area contributed by atoms with Crippen molar-refractivity contribution in [3.63, 3.8) is 0 Å². The van der Waals surface area contributed by atoms with Crippen LogP contribution in [0.5, 0.6) is 0 Å². The molecule has 1 aliphatic carbocycles. The summed E-state index contributed by atoms with van der Waals surface area (Å²) in [5, 5.41) is 2.87. The molecule has 1 saturated carbocycles. The van der Waals surface area contributed by atoms with Gasteiger partial charge in [-0.2, -0.15) is 0 Å². The second-order valence-electron chi connectivity index (χ2n) is 9.26. The van der Waals surface area contributed by atoms with E-state index in [1.54, 1.807) is 20.8 Å². The van der Waals surface area contributed by atoms with Crippen molar-refractivity contribution in [3.8, 4) is 0 Å². The number of hydrogen-bond donors (Lipinski definition) is 2. The minimum atomic E-state index is -3.40. The fourth-order valence-corrected chi connectivity index (χ4v) is 4.95. The molecule has 0 unspecified atom stereocenters. The average molecular weight is 393 g/mol. The Morgan fingerprint density at radius 3 is 2.15 bits per heavy atom. The Morgan fingerprint density at radius 1 is 1.12 bits per heavy atom. The molecule has 2 fully saturated rings. The summed E-state index contributed by atoms with van der Waals surface area (Å²) in [4.78, 5) is 12.2. The number of alkyl carbamates (subject to hydrolysis) is 1. The molecule has 2 aliphatic rings. The minimum Gasteiger partial charge on any atom is -0.444 e. The van der Waals surface area contributed by atoms with Crippen LogP contribution in [0.3, 0.4) is 0 Å². The first-order chi connectivity index (χ1) is 11.5. The summed E-state index contributed by atoms with van der Waals surface area (Å²) in [6.07, 6.45) is 0.412. The fraction of sp³-hybridized carbons (Fsp3) is 0.941. The molecule has 0 bridgehead atoms. The number of carbonyl (C=O) groups excluding carboxylic acids is 1. The molecule has 1 saturated heterocycles. The summed E-state index contributed by atoms with van der Waals surface area (Å²) in [6.45, 7) is 12.6. The largest absolute Gasteiger partial charge is 0.444 e. The van der Waals surface area contributed by atoms with E-state index in [1.807, 2.05) is 27.7 Å². The Morgan fingerprint density at radius 2 is 1.65 bits per heavy atom. The first kappa shape index (κ1) is 21.4. The van der Waals surface area contributed by atoms with Crippen LogP contribution >= 0.6 is 0 Å². The molecule has 0 spiro atoms. The molecule has 1 heterocycles. The quantitative estimate of drug-likeness (QED) is 0.755. The van der Waals surface area contributed by atoms with Crippen molar-refractivity contribution in [2.24, 2.45) is 5.92 Å². The van der Waals surface area contributed by atoms with Gasteiger partial charge in [-0.25, -0.2) is 17.9 Å². The molecule has 1 amide bonds. The zero-order chi connectivity index (χ0) is 20.1. The maximum Gasteiger partial charge on any atom is 0.407 e. The summed E-state index contributed by atoms with van der Waals surface area (Å²) in [6, 6.07) is -0.331. The lowest BCUT2D eigenvalue weighted by atomic mass is 9.85. The predicted octanol–water partition coefficient (Wildman–Crippen LogP) is 1.75. The Bertz CT molecular complexity index is 653. The molecule has 1 aliphatic heterocycles. The molecule has 0 aromatic heterocycles. The van der Waals surface area contributed by atoms with E-state index in [4.69, 9.17) is 14.2 Å². The van der Waals surface area contributed by atoms with E-state index < -0.39 is 33.0 Å². The van der Waals surface area contributed by atoms with E-state index in [1.165, 1.54) is 0 Å². The third kappa shape index (κ3) is 5.31. The number of ether oxygens (including phenoxy) is 3. The van der Waals surface area contributed by atoms with Crippen LogP contribution in [0, 0.1) is 5.92 Å². The number of nitrogens with one attached hydrogen (secondary N) is 2. The average Bonchev–Trinajstić information content (AvgIpc) is 2.78. The molecular formula is C17H32N2O6S. The van der Waals surface area contributed by atoms with Gasteiger partial charge in [0.15, 0.2) is 5.79 Å². The fourth-order valence-electron chi connectivity index (χ4n) is 3.84. The Kier molecular flexibility index (Phi) is 5.44. The summed E-state index contributed by atoms with van der Waals surface area (Å²) < 4.78 is 43.6. The van der Waals surface area contributed by atoms with Gasteiger partial charge in [0.1, 0.15) is 11.7 Å². The molecule has 8 nitrogen and oxygen atoms in total. The number of fused-ring (bicyclic) bond motifs is 1. The smallest absolute Gasteiger partial charge is 0.407 e. The molecule has 2 rings (SSSR count). The number of sulfonamides is 1. The molecule has 2 N–H and O–H groups in total. The summed E-state index contributed by atoms with van der Waals surface area (Å²) in [5.41, 5.74) is -1.37. The van der Waals surface area contributed by atoms with Gasteiger partial charge in [0, 0.05) is 11.5 Å². The van der Waals surface area contributed by atoms with Gasteiger partial charge in [-0.1, -0.05) is 0 Å². The van der Waals surface area contributed by atoms with E-state index in [0.29, 0.717) is 6.42 Å². The topological polar surface area (TPSA) is 103 Å². The predicted molar refractivity (Wildman–Crippen MR) is 97.1 cm³/mol. The second-order valence-corrected chi connectivity index (χ2v) is 11.0. The SMILES string of the molecule is CC(C)(C)OC(=O)N[C@@H]1C[C@H](C(C)(C)NS(C)(=O)=O)[C@H]2OC(C)(C)O[C@H]21. The van der Waals surface area contributed by atoms with Crippen LogP contribution in [-0.4, -0.2) is 55.9 Å². The lowest BCUT2D eigenvalue weighted by Gasteiger charge is -2.35. The minimum absolute atomic E-state index is 0.177. The molecule has 26 heavy (non-hydrogen) atoms. The summed E-state index contributed by atoms with van der Waals surface area (Å²) in [7, 11) is -3.40.